The minimum absolute atomic E-state index is 0.0785. The Labute approximate surface area is 167 Å². The summed E-state index contributed by atoms with van der Waals surface area (Å²) >= 11 is 0. The van der Waals surface area contributed by atoms with Gasteiger partial charge in [-0.3, -0.25) is 9.59 Å². The van der Waals surface area contributed by atoms with E-state index in [1.807, 2.05) is 0 Å². The third-order valence-corrected chi connectivity index (χ3v) is 4.39. The van der Waals surface area contributed by atoms with Gasteiger partial charge in [-0.15, -0.1) is 0 Å². The summed E-state index contributed by atoms with van der Waals surface area (Å²) in [5.74, 6) is -0.445. The number of methoxy groups -OCH3 is 1. The van der Waals surface area contributed by atoms with Crippen LogP contribution in [0.15, 0.2) is 63.8 Å². The first-order valence-electron chi connectivity index (χ1n) is 9.15. The Morgan fingerprint density at radius 3 is 2.52 bits per heavy atom. The molecule has 1 heterocycles. The first-order valence-corrected chi connectivity index (χ1v) is 9.15. The first-order chi connectivity index (χ1) is 14.0. The molecule has 0 saturated carbocycles. The maximum atomic E-state index is 12.8. The van der Waals surface area contributed by atoms with Crippen LogP contribution in [0.1, 0.15) is 35.3 Å². The lowest BCUT2D eigenvalue weighted by molar-refractivity contribution is -0.143. The summed E-state index contributed by atoms with van der Waals surface area (Å²) in [7, 11) is 1.55. The zero-order valence-electron chi connectivity index (χ0n) is 16.1. The molecular formula is C22H21NO6. The second kappa shape index (κ2) is 9.05. The van der Waals surface area contributed by atoms with Crippen LogP contribution in [-0.4, -0.2) is 25.6 Å². The molecule has 0 spiro atoms. The van der Waals surface area contributed by atoms with Crippen molar-refractivity contribution in [2.24, 2.45) is 0 Å². The number of esters is 1. The lowest BCUT2D eigenvalue weighted by Crippen LogP contribution is -2.33. The molecule has 1 N–H and O–H groups in total. The van der Waals surface area contributed by atoms with Crippen LogP contribution in [0.25, 0.3) is 11.0 Å². The molecule has 2 aromatic carbocycles. The molecule has 0 aliphatic carbocycles. The number of hydrogen-bond donors (Lipinski definition) is 1. The highest BCUT2D eigenvalue weighted by atomic mass is 16.5. The van der Waals surface area contributed by atoms with Crippen LogP contribution in [0.4, 0.5) is 0 Å². The third kappa shape index (κ3) is 4.82. The highest BCUT2D eigenvalue weighted by Crippen LogP contribution is 2.22. The summed E-state index contributed by atoms with van der Waals surface area (Å²) < 4.78 is 15.4. The van der Waals surface area contributed by atoms with Crippen LogP contribution in [0.3, 0.4) is 0 Å². The maximum Gasteiger partial charge on any atom is 0.349 e. The minimum Gasteiger partial charge on any atom is -0.497 e. The predicted octanol–water partition coefficient (Wildman–Crippen LogP) is 3.23. The SMILES string of the molecule is CCOC(=O)CC(NC(=O)c1cc2ccccc2oc1=O)c1ccc(OC)cc1. The molecule has 1 amide bonds. The number of carbonyl (C=O) groups excluding carboxylic acids is 2. The molecule has 0 aliphatic rings. The number of fused-ring (bicyclic) bond motifs is 1. The molecule has 150 valence electrons. The van der Waals surface area contributed by atoms with Crippen molar-refractivity contribution in [3.63, 3.8) is 0 Å². The van der Waals surface area contributed by atoms with Gasteiger partial charge in [-0.1, -0.05) is 30.3 Å². The Morgan fingerprint density at radius 1 is 1.10 bits per heavy atom. The second-order valence-corrected chi connectivity index (χ2v) is 6.29. The van der Waals surface area contributed by atoms with Gasteiger partial charge in [0.15, 0.2) is 0 Å². The molecule has 0 saturated heterocycles. The minimum atomic E-state index is -0.745. The van der Waals surface area contributed by atoms with Gasteiger partial charge in [0, 0.05) is 5.39 Å². The Balaban J connectivity index is 1.89. The first kappa shape index (κ1) is 20.1. The van der Waals surface area contributed by atoms with Gasteiger partial charge in [0.05, 0.1) is 26.2 Å². The molecular weight excluding hydrogens is 374 g/mol. The molecule has 7 heteroatoms. The van der Waals surface area contributed by atoms with Crippen LogP contribution >= 0.6 is 0 Å². The van der Waals surface area contributed by atoms with E-state index in [0.29, 0.717) is 22.3 Å². The number of benzene rings is 2. The van der Waals surface area contributed by atoms with Gasteiger partial charge in [0.1, 0.15) is 16.9 Å². The largest absolute Gasteiger partial charge is 0.497 e. The summed E-state index contributed by atoms with van der Waals surface area (Å²) in [5.41, 5.74) is 0.196. The number of amides is 1. The normalized spacial score (nSPS) is 11.7. The van der Waals surface area contributed by atoms with Crippen molar-refractivity contribution in [2.75, 3.05) is 13.7 Å². The molecule has 1 unspecified atom stereocenters. The van der Waals surface area contributed by atoms with E-state index in [4.69, 9.17) is 13.9 Å². The van der Waals surface area contributed by atoms with Crippen LogP contribution in [0, 0.1) is 0 Å². The average molecular weight is 395 g/mol. The lowest BCUT2D eigenvalue weighted by atomic mass is 10.0. The van der Waals surface area contributed by atoms with Crippen molar-refractivity contribution < 1.29 is 23.5 Å². The van der Waals surface area contributed by atoms with Crippen LogP contribution in [0.5, 0.6) is 5.75 Å². The molecule has 0 bridgehead atoms. The zero-order chi connectivity index (χ0) is 20.8. The van der Waals surface area contributed by atoms with Crippen molar-refractivity contribution in [3.8, 4) is 5.75 Å². The van der Waals surface area contributed by atoms with E-state index in [1.54, 1.807) is 62.6 Å². The number of carbonyl (C=O) groups is 2. The van der Waals surface area contributed by atoms with E-state index >= 15 is 0 Å². The summed E-state index contributed by atoms with van der Waals surface area (Å²) in [5, 5.41) is 3.37. The van der Waals surface area contributed by atoms with E-state index in [-0.39, 0.29) is 18.6 Å². The molecule has 0 aliphatic heterocycles. The highest BCUT2D eigenvalue weighted by Gasteiger charge is 2.22. The van der Waals surface area contributed by atoms with E-state index < -0.39 is 23.5 Å². The summed E-state index contributed by atoms with van der Waals surface area (Å²) in [6.07, 6.45) is -0.0785. The number of hydrogen-bond acceptors (Lipinski definition) is 6. The monoisotopic (exact) mass is 395 g/mol. The Morgan fingerprint density at radius 2 is 1.83 bits per heavy atom. The second-order valence-electron chi connectivity index (χ2n) is 6.29. The molecule has 0 radical (unpaired) electrons. The fourth-order valence-electron chi connectivity index (χ4n) is 2.93. The fourth-order valence-corrected chi connectivity index (χ4v) is 2.93. The Kier molecular flexibility index (Phi) is 6.29. The molecule has 7 nitrogen and oxygen atoms in total. The quantitative estimate of drug-likeness (QED) is 0.488. The van der Waals surface area contributed by atoms with Gasteiger partial charge in [-0.05, 0) is 36.8 Å². The number of para-hydroxylation sites is 1. The Hall–Kier alpha value is -3.61. The van der Waals surface area contributed by atoms with Gasteiger partial charge in [0.2, 0.25) is 0 Å². The van der Waals surface area contributed by atoms with Crippen LogP contribution in [0.2, 0.25) is 0 Å². The topological polar surface area (TPSA) is 94.8 Å². The van der Waals surface area contributed by atoms with Crippen molar-refractivity contribution in [1.82, 2.24) is 5.32 Å². The van der Waals surface area contributed by atoms with Crippen molar-refractivity contribution in [3.05, 3.63) is 76.1 Å². The van der Waals surface area contributed by atoms with Crippen molar-refractivity contribution in [1.29, 1.82) is 0 Å². The van der Waals surface area contributed by atoms with Crippen LogP contribution in [-0.2, 0) is 9.53 Å². The van der Waals surface area contributed by atoms with Crippen molar-refractivity contribution >= 4 is 22.8 Å². The Bertz CT molecular complexity index is 1070. The smallest absolute Gasteiger partial charge is 0.349 e. The summed E-state index contributed by atoms with van der Waals surface area (Å²) in [4.78, 5) is 37.1. The van der Waals surface area contributed by atoms with E-state index in [0.717, 1.165) is 0 Å². The average Bonchev–Trinajstić information content (AvgIpc) is 2.73. The van der Waals surface area contributed by atoms with Crippen molar-refractivity contribution in [2.45, 2.75) is 19.4 Å². The lowest BCUT2D eigenvalue weighted by Gasteiger charge is -2.18. The molecule has 1 aromatic heterocycles. The number of rotatable bonds is 7. The fraction of sp³-hybridized carbons (Fsp3) is 0.227. The molecule has 3 aromatic rings. The molecule has 1 atom stereocenters. The maximum absolute atomic E-state index is 12.8. The molecule has 0 fully saturated rings. The van der Waals surface area contributed by atoms with Gasteiger partial charge >= 0.3 is 11.6 Å². The molecule has 29 heavy (non-hydrogen) atoms. The zero-order valence-corrected chi connectivity index (χ0v) is 16.1. The summed E-state index contributed by atoms with van der Waals surface area (Å²) in [6, 6.07) is 14.7. The van der Waals surface area contributed by atoms with E-state index in [9.17, 15) is 14.4 Å². The van der Waals surface area contributed by atoms with Gasteiger partial charge < -0.3 is 19.2 Å². The number of ether oxygens (including phenoxy) is 2. The van der Waals surface area contributed by atoms with Gasteiger partial charge in [-0.2, -0.15) is 0 Å². The standard InChI is InChI=1S/C22H21NO6/c1-3-28-20(24)13-18(14-8-10-16(27-2)11-9-14)23-21(25)17-12-15-6-4-5-7-19(15)29-22(17)26/h4-12,18H,3,13H2,1-2H3,(H,23,25). The summed E-state index contributed by atoms with van der Waals surface area (Å²) in [6.45, 7) is 1.94. The highest BCUT2D eigenvalue weighted by molar-refractivity contribution is 5.97. The number of nitrogens with one attached hydrogen (secondary N) is 1. The van der Waals surface area contributed by atoms with Crippen LogP contribution < -0.4 is 15.7 Å². The van der Waals surface area contributed by atoms with E-state index in [2.05, 4.69) is 5.32 Å². The molecule has 3 rings (SSSR count). The van der Waals surface area contributed by atoms with Gasteiger partial charge in [-0.25, -0.2) is 4.79 Å². The third-order valence-electron chi connectivity index (χ3n) is 4.39. The van der Waals surface area contributed by atoms with Gasteiger partial charge in [0.25, 0.3) is 5.91 Å². The predicted molar refractivity (Wildman–Crippen MR) is 107 cm³/mol. The van der Waals surface area contributed by atoms with E-state index in [1.165, 1.54) is 6.07 Å².